The van der Waals surface area contributed by atoms with Gasteiger partial charge in [-0.05, 0) is 43.0 Å². The highest BCUT2D eigenvalue weighted by molar-refractivity contribution is 5.90. The minimum atomic E-state index is -1.01. The van der Waals surface area contributed by atoms with Gasteiger partial charge in [0.2, 0.25) is 0 Å². The lowest BCUT2D eigenvalue weighted by Crippen LogP contribution is -2.41. The molecule has 1 aliphatic carbocycles. The molecule has 2 aromatic carbocycles. The molecule has 0 saturated heterocycles. The van der Waals surface area contributed by atoms with Crippen molar-refractivity contribution in [1.82, 2.24) is 5.32 Å². The van der Waals surface area contributed by atoms with Gasteiger partial charge in [0.25, 0.3) is 0 Å². The Balaban J connectivity index is 1.63. The maximum Gasteiger partial charge on any atom is 0.319 e. The Morgan fingerprint density at radius 3 is 2.79 bits per heavy atom. The summed E-state index contributed by atoms with van der Waals surface area (Å²) in [6.45, 7) is 2.59. The van der Waals surface area contributed by atoms with Gasteiger partial charge in [-0.3, -0.25) is 0 Å². The van der Waals surface area contributed by atoms with Gasteiger partial charge in [-0.1, -0.05) is 36.4 Å². The Hall–Kier alpha value is -2.53. The standard InChI is InChI=1S/C19H22N2O3/c1-2-24-17-10-6-5-9-16(17)21-18(22)20-13-19(23)12-11-14-7-3-4-8-15(14)19/h3-10,23H,2,11-13H2,1H3,(H2,20,21,22)/t19-/m0/s1. The zero-order valence-corrected chi connectivity index (χ0v) is 13.7. The Morgan fingerprint density at radius 2 is 1.96 bits per heavy atom. The van der Waals surface area contributed by atoms with Gasteiger partial charge < -0.3 is 20.5 Å². The van der Waals surface area contributed by atoms with Crippen molar-refractivity contribution in [3.63, 3.8) is 0 Å². The lowest BCUT2D eigenvalue weighted by Gasteiger charge is -2.24. The van der Waals surface area contributed by atoms with Crippen LogP contribution in [0.4, 0.5) is 10.5 Å². The highest BCUT2D eigenvalue weighted by Crippen LogP contribution is 2.36. The predicted octanol–water partition coefficient (Wildman–Crippen LogP) is 3.04. The van der Waals surface area contributed by atoms with Crippen molar-refractivity contribution >= 4 is 11.7 Å². The molecule has 5 heteroatoms. The molecule has 0 aliphatic heterocycles. The number of carbonyl (C=O) groups is 1. The van der Waals surface area contributed by atoms with Gasteiger partial charge in [0, 0.05) is 0 Å². The van der Waals surface area contributed by atoms with Gasteiger partial charge in [-0.15, -0.1) is 0 Å². The molecule has 2 aromatic rings. The Kier molecular flexibility index (Phi) is 4.71. The fourth-order valence-electron chi connectivity index (χ4n) is 3.10. The molecule has 0 fully saturated rings. The van der Waals surface area contributed by atoms with Crippen LogP contribution in [0.15, 0.2) is 48.5 Å². The van der Waals surface area contributed by atoms with E-state index in [0.717, 1.165) is 17.5 Å². The van der Waals surface area contributed by atoms with Crippen LogP contribution in [0.5, 0.6) is 5.75 Å². The molecule has 2 amide bonds. The maximum absolute atomic E-state index is 12.2. The van der Waals surface area contributed by atoms with Crippen molar-refractivity contribution in [2.24, 2.45) is 0 Å². The van der Waals surface area contributed by atoms with Crippen LogP contribution in [0.1, 0.15) is 24.5 Å². The topological polar surface area (TPSA) is 70.6 Å². The summed E-state index contributed by atoms with van der Waals surface area (Å²) in [7, 11) is 0. The quantitative estimate of drug-likeness (QED) is 0.791. The fourth-order valence-corrected chi connectivity index (χ4v) is 3.10. The number of hydrogen-bond acceptors (Lipinski definition) is 3. The summed E-state index contributed by atoms with van der Waals surface area (Å²) < 4.78 is 5.49. The molecule has 0 aromatic heterocycles. The first-order valence-electron chi connectivity index (χ1n) is 8.20. The van der Waals surface area contributed by atoms with Crippen molar-refractivity contribution < 1.29 is 14.6 Å². The van der Waals surface area contributed by atoms with E-state index in [4.69, 9.17) is 4.74 Å². The molecular formula is C19H22N2O3. The summed E-state index contributed by atoms with van der Waals surface area (Å²) in [6, 6.07) is 14.7. The number of fused-ring (bicyclic) bond motifs is 1. The lowest BCUT2D eigenvalue weighted by atomic mass is 9.96. The summed E-state index contributed by atoms with van der Waals surface area (Å²) >= 11 is 0. The van der Waals surface area contributed by atoms with Crippen LogP contribution in [0, 0.1) is 0 Å². The summed E-state index contributed by atoms with van der Waals surface area (Å²) in [6.07, 6.45) is 1.44. The average molecular weight is 326 g/mol. The van der Waals surface area contributed by atoms with Gasteiger partial charge in [0.15, 0.2) is 0 Å². The second-order valence-electron chi connectivity index (χ2n) is 5.93. The van der Waals surface area contributed by atoms with Crippen molar-refractivity contribution in [3.8, 4) is 5.75 Å². The monoisotopic (exact) mass is 326 g/mol. The number of anilines is 1. The number of hydrogen-bond donors (Lipinski definition) is 3. The normalized spacial score (nSPS) is 18.8. The van der Waals surface area contributed by atoms with Crippen LogP contribution >= 0.6 is 0 Å². The summed E-state index contributed by atoms with van der Waals surface area (Å²) in [5.41, 5.74) is 1.65. The number of aryl methyl sites for hydroxylation is 1. The second kappa shape index (κ2) is 6.93. The van der Waals surface area contributed by atoms with Crippen LogP contribution in [-0.2, 0) is 12.0 Å². The van der Waals surface area contributed by atoms with Crippen molar-refractivity contribution in [3.05, 3.63) is 59.7 Å². The minimum absolute atomic E-state index is 0.173. The van der Waals surface area contributed by atoms with Crippen molar-refractivity contribution in [2.45, 2.75) is 25.4 Å². The Labute approximate surface area is 141 Å². The van der Waals surface area contributed by atoms with Crippen LogP contribution in [0.3, 0.4) is 0 Å². The third-order valence-corrected chi connectivity index (χ3v) is 4.30. The molecule has 1 aliphatic rings. The first kappa shape index (κ1) is 16.3. The van der Waals surface area contributed by atoms with E-state index in [0.29, 0.717) is 24.5 Å². The molecule has 0 spiro atoms. The molecule has 0 radical (unpaired) electrons. The third-order valence-electron chi connectivity index (χ3n) is 4.30. The van der Waals surface area contributed by atoms with Gasteiger partial charge in [-0.25, -0.2) is 4.79 Å². The summed E-state index contributed by atoms with van der Waals surface area (Å²) in [5.74, 6) is 0.625. The molecule has 0 bridgehead atoms. The maximum atomic E-state index is 12.2. The largest absolute Gasteiger partial charge is 0.492 e. The van der Waals surface area contributed by atoms with E-state index in [1.54, 1.807) is 12.1 Å². The molecule has 0 unspecified atom stereocenters. The highest BCUT2D eigenvalue weighted by atomic mass is 16.5. The molecule has 3 rings (SSSR count). The number of carbonyl (C=O) groups excluding carboxylic acids is 1. The van der Waals surface area contributed by atoms with Crippen molar-refractivity contribution in [1.29, 1.82) is 0 Å². The van der Waals surface area contributed by atoms with Crippen LogP contribution in [0.25, 0.3) is 0 Å². The highest BCUT2D eigenvalue weighted by Gasteiger charge is 2.36. The number of nitrogens with one attached hydrogen (secondary N) is 2. The number of rotatable bonds is 5. The second-order valence-corrected chi connectivity index (χ2v) is 5.93. The fraction of sp³-hybridized carbons (Fsp3) is 0.316. The molecule has 3 N–H and O–H groups in total. The van der Waals surface area contributed by atoms with E-state index < -0.39 is 5.60 Å². The van der Waals surface area contributed by atoms with Gasteiger partial charge in [0.1, 0.15) is 11.4 Å². The number of ether oxygens (including phenoxy) is 1. The smallest absolute Gasteiger partial charge is 0.319 e. The van der Waals surface area contributed by atoms with E-state index in [1.807, 2.05) is 43.3 Å². The van der Waals surface area contributed by atoms with Crippen LogP contribution in [0.2, 0.25) is 0 Å². The predicted molar refractivity (Wildman–Crippen MR) is 93.3 cm³/mol. The Bertz CT molecular complexity index is 732. The van der Waals surface area contributed by atoms with Crippen molar-refractivity contribution in [2.75, 3.05) is 18.5 Å². The van der Waals surface area contributed by atoms with Crippen LogP contribution < -0.4 is 15.4 Å². The van der Waals surface area contributed by atoms with E-state index >= 15 is 0 Å². The molecule has 126 valence electrons. The average Bonchev–Trinajstić information content (AvgIpc) is 2.93. The van der Waals surface area contributed by atoms with E-state index in [-0.39, 0.29) is 12.6 Å². The first-order valence-corrected chi connectivity index (χ1v) is 8.20. The number of para-hydroxylation sites is 2. The van der Waals surface area contributed by atoms with Gasteiger partial charge in [-0.2, -0.15) is 0 Å². The first-order chi connectivity index (χ1) is 11.6. The van der Waals surface area contributed by atoms with Crippen LogP contribution in [-0.4, -0.2) is 24.3 Å². The molecule has 0 saturated carbocycles. The molecule has 5 nitrogen and oxygen atoms in total. The number of amides is 2. The lowest BCUT2D eigenvalue weighted by molar-refractivity contribution is 0.0417. The third kappa shape index (κ3) is 3.36. The molecule has 0 heterocycles. The summed E-state index contributed by atoms with van der Waals surface area (Å²) in [4.78, 5) is 12.2. The number of urea groups is 1. The zero-order valence-electron chi connectivity index (χ0n) is 13.7. The molecule has 1 atom stereocenters. The minimum Gasteiger partial charge on any atom is -0.492 e. The Morgan fingerprint density at radius 1 is 1.21 bits per heavy atom. The van der Waals surface area contributed by atoms with Gasteiger partial charge >= 0.3 is 6.03 Å². The SMILES string of the molecule is CCOc1ccccc1NC(=O)NC[C@@]1(O)CCc2ccccc21. The summed E-state index contributed by atoms with van der Waals surface area (Å²) in [5, 5.41) is 16.4. The van der Waals surface area contributed by atoms with E-state index in [1.165, 1.54) is 0 Å². The zero-order chi connectivity index (χ0) is 17.0. The number of benzene rings is 2. The molecular weight excluding hydrogens is 304 g/mol. The van der Waals surface area contributed by atoms with E-state index in [9.17, 15) is 9.90 Å². The van der Waals surface area contributed by atoms with E-state index in [2.05, 4.69) is 10.6 Å². The molecule has 24 heavy (non-hydrogen) atoms. The van der Waals surface area contributed by atoms with Gasteiger partial charge in [0.05, 0.1) is 18.8 Å². The number of aliphatic hydroxyl groups is 1.